The number of rotatable bonds is 2. The van der Waals surface area contributed by atoms with Crippen molar-refractivity contribution in [2.45, 2.75) is 19.8 Å². The van der Waals surface area contributed by atoms with Gasteiger partial charge in [-0.15, -0.1) is 0 Å². The number of hydrogen-bond donors (Lipinski definition) is 1. The van der Waals surface area contributed by atoms with Gasteiger partial charge in [0.2, 0.25) is 5.76 Å². The molecule has 0 aliphatic carbocycles. The molecule has 1 unspecified atom stereocenters. The molecule has 104 valence electrons. The summed E-state index contributed by atoms with van der Waals surface area (Å²) in [5.41, 5.74) is 1.70. The highest BCUT2D eigenvalue weighted by molar-refractivity contribution is 9.10. The van der Waals surface area contributed by atoms with Crippen LogP contribution in [0.3, 0.4) is 0 Å². The van der Waals surface area contributed by atoms with Crippen molar-refractivity contribution in [2.24, 2.45) is 0 Å². The number of aromatic nitrogens is 1. The molecular weight excluding hydrogens is 330 g/mol. The average molecular weight is 340 g/mol. The maximum absolute atomic E-state index is 11.9. The van der Waals surface area contributed by atoms with Gasteiger partial charge in [0.1, 0.15) is 0 Å². The van der Waals surface area contributed by atoms with Gasteiger partial charge in [0, 0.05) is 5.56 Å². The van der Waals surface area contributed by atoms with Crippen LogP contribution in [-0.4, -0.2) is 16.1 Å². The Hall–Kier alpha value is -1.70. The van der Waals surface area contributed by atoms with Crippen molar-refractivity contribution in [1.29, 1.82) is 0 Å². The van der Waals surface area contributed by atoms with E-state index in [1.165, 1.54) is 6.07 Å². The van der Waals surface area contributed by atoms with Crippen LogP contribution >= 0.6 is 15.9 Å². The maximum Gasteiger partial charge on any atom is 0.379 e. The Morgan fingerprint density at radius 2 is 2.35 bits per heavy atom. The highest BCUT2D eigenvalue weighted by Gasteiger charge is 2.25. The predicted octanol–water partition coefficient (Wildman–Crippen LogP) is 2.49. The van der Waals surface area contributed by atoms with Crippen LogP contribution in [0.2, 0.25) is 0 Å². The average Bonchev–Trinajstić information content (AvgIpc) is 2.98. The number of carbonyl (C=O) groups excluding carboxylic acids is 1. The molecule has 1 aliphatic heterocycles. The van der Waals surface area contributed by atoms with Crippen molar-refractivity contribution in [1.82, 2.24) is 4.98 Å². The molecular formula is C13H10BrNO5. The third-order valence-corrected chi connectivity index (χ3v) is 3.33. The number of nitrogens with zero attached hydrogens (tertiary/aromatic N) is 1. The molecule has 2 aromatic rings. The second-order valence-electron chi connectivity index (χ2n) is 4.26. The Bertz CT molecular complexity index is 681. The predicted molar refractivity (Wildman–Crippen MR) is 70.1 cm³/mol. The van der Waals surface area contributed by atoms with Crippen molar-refractivity contribution in [3.05, 3.63) is 45.6 Å². The summed E-state index contributed by atoms with van der Waals surface area (Å²) in [5.74, 6) is -0.284. The molecule has 0 radical (unpaired) electrons. The fourth-order valence-electron chi connectivity index (χ4n) is 1.91. The summed E-state index contributed by atoms with van der Waals surface area (Å²) in [4.78, 5) is 16.2. The van der Waals surface area contributed by atoms with E-state index in [1.54, 1.807) is 19.1 Å². The van der Waals surface area contributed by atoms with Crippen LogP contribution in [0, 0.1) is 6.92 Å². The lowest BCUT2D eigenvalue weighted by atomic mass is 10.2. The van der Waals surface area contributed by atoms with E-state index < -0.39 is 12.3 Å². The Morgan fingerprint density at radius 3 is 3.05 bits per heavy atom. The second kappa shape index (κ2) is 5.01. The molecule has 6 nitrogen and oxygen atoms in total. The molecule has 1 aliphatic rings. The van der Waals surface area contributed by atoms with Gasteiger partial charge in [-0.3, -0.25) is 4.98 Å². The smallest absolute Gasteiger partial charge is 0.379 e. The summed E-state index contributed by atoms with van der Waals surface area (Å²) in [7, 11) is 0. The minimum atomic E-state index is -1.03. The van der Waals surface area contributed by atoms with Crippen LogP contribution in [0.15, 0.2) is 27.3 Å². The van der Waals surface area contributed by atoms with Crippen LogP contribution in [0.1, 0.15) is 33.8 Å². The van der Waals surface area contributed by atoms with Crippen LogP contribution < -0.4 is 4.74 Å². The molecule has 0 aromatic carbocycles. The number of fused-ring (bicyclic) bond motifs is 1. The molecule has 0 spiro atoms. The first kappa shape index (κ1) is 13.3. The van der Waals surface area contributed by atoms with Gasteiger partial charge >= 0.3 is 5.97 Å². The molecule has 1 atom stereocenters. The Morgan fingerprint density at radius 1 is 1.55 bits per heavy atom. The van der Waals surface area contributed by atoms with Gasteiger partial charge in [0.25, 0.3) is 0 Å². The molecule has 0 saturated carbocycles. The van der Waals surface area contributed by atoms with Gasteiger partial charge < -0.3 is 19.0 Å². The largest absolute Gasteiger partial charge is 0.442 e. The number of furan rings is 1. The first-order chi connectivity index (χ1) is 9.54. The first-order valence-electron chi connectivity index (χ1n) is 5.82. The Kier molecular flexibility index (Phi) is 3.33. The summed E-state index contributed by atoms with van der Waals surface area (Å²) in [6.07, 6.45) is -1.03. The summed E-state index contributed by atoms with van der Waals surface area (Å²) < 4.78 is 15.9. The van der Waals surface area contributed by atoms with E-state index in [1.807, 2.05) is 0 Å². The fraction of sp³-hybridized carbons (Fsp3) is 0.231. The molecule has 7 heteroatoms. The van der Waals surface area contributed by atoms with Crippen LogP contribution in [-0.2, 0) is 11.3 Å². The van der Waals surface area contributed by atoms with Crippen LogP contribution in [0.25, 0.3) is 0 Å². The number of halogens is 1. The third kappa shape index (κ3) is 2.35. The number of aryl methyl sites for hydroxylation is 1. The lowest BCUT2D eigenvalue weighted by molar-refractivity contribution is -0.0921. The zero-order valence-electron chi connectivity index (χ0n) is 10.4. The van der Waals surface area contributed by atoms with Crippen molar-refractivity contribution in [3.8, 4) is 5.75 Å². The second-order valence-corrected chi connectivity index (χ2v) is 5.05. The summed E-state index contributed by atoms with van der Waals surface area (Å²) in [6, 6.07) is 4.66. The lowest BCUT2D eigenvalue weighted by Crippen LogP contribution is -2.10. The molecule has 1 N–H and O–H groups in total. The fourth-order valence-corrected chi connectivity index (χ4v) is 2.21. The number of aliphatic hydroxyl groups is 1. The number of aliphatic hydroxyl groups excluding tert-OH is 1. The van der Waals surface area contributed by atoms with E-state index in [4.69, 9.17) is 13.9 Å². The molecule has 3 heterocycles. The van der Waals surface area contributed by atoms with Gasteiger partial charge in [-0.25, -0.2) is 4.79 Å². The molecule has 0 saturated heterocycles. The molecule has 20 heavy (non-hydrogen) atoms. The zero-order chi connectivity index (χ0) is 14.3. The van der Waals surface area contributed by atoms with Gasteiger partial charge in [-0.1, -0.05) is 0 Å². The lowest BCUT2D eigenvalue weighted by Gasteiger charge is -2.08. The minimum absolute atomic E-state index is 0.0774. The van der Waals surface area contributed by atoms with Crippen molar-refractivity contribution in [2.75, 3.05) is 0 Å². The van der Waals surface area contributed by atoms with E-state index in [-0.39, 0.29) is 18.1 Å². The molecule has 0 amide bonds. The maximum atomic E-state index is 11.9. The summed E-state index contributed by atoms with van der Waals surface area (Å²) in [6.45, 7) is 1.96. The van der Waals surface area contributed by atoms with E-state index in [9.17, 15) is 9.90 Å². The van der Waals surface area contributed by atoms with Crippen molar-refractivity contribution >= 4 is 21.9 Å². The quantitative estimate of drug-likeness (QED) is 0.846. The summed E-state index contributed by atoms with van der Waals surface area (Å²) in [5, 5.41) is 9.62. The third-order valence-electron chi connectivity index (χ3n) is 2.90. The molecule has 0 fully saturated rings. The van der Waals surface area contributed by atoms with Crippen LogP contribution in [0.5, 0.6) is 5.75 Å². The van der Waals surface area contributed by atoms with Gasteiger partial charge in [0.15, 0.2) is 16.7 Å². The molecule has 2 aromatic heterocycles. The van der Waals surface area contributed by atoms with Crippen LogP contribution in [0.4, 0.5) is 0 Å². The highest BCUT2D eigenvalue weighted by atomic mass is 79.9. The normalized spacial score (nSPS) is 17.1. The molecule has 0 bridgehead atoms. The van der Waals surface area contributed by atoms with Gasteiger partial charge in [-0.05, 0) is 41.1 Å². The van der Waals surface area contributed by atoms with E-state index in [0.717, 1.165) is 0 Å². The van der Waals surface area contributed by atoms with Crippen molar-refractivity contribution in [3.63, 3.8) is 0 Å². The number of pyridine rings is 1. The van der Waals surface area contributed by atoms with E-state index in [2.05, 4.69) is 20.9 Å². The van der Waals surface area contributed by atoms with Crippen molar-refractivity contribution < 1.29 is 23.8 Å². The van der Waals surface area contributed by atoms with E-state index in [0.29, 0.717) is 21.6 Å². The Labute approximate surface area is 122 Å². The number of carbonyl (C=O) groups is 1. The SMILES string of the molecule is Cc1nc2c(cc1OC(=O)c1ccc(Br)o1)C(O)OC2. The topological polar surface area (TPSA) is 81.8 Å². The number of hydrogen-bond acceptors (Lipinski definition) is 6. The van der Waals surface area contributed by atoms with Gasteiger partial charge in [0.05, 0.1) is 18.0 Å². The standard InChI is InChI=1S/C13H10BrNO5/c1-6-10(4-7-8(15-6)5-18-12(7)16)20-13(17)9-2-3-11(14)19-9/h2-4,12,16H,5H2,1H3. The minimum Gasteiger partial charge on any atom is -0.442 e. The van der Waals surface area contributed by atoms with Gasteiger partial charge in [-0.2, -0.15) is 0 Å². The number of esters is 1. The first-order valence-corrected chi connectivity index (χ1v) is 6.61. The zero-order valence-corrected chi connectivity index (χ0v) is 12.0. The molecule has 3 rings (SSSR count). The highest BCUT2D eigenvalue weighted by Crippen LogP contribution is 2.32. The Balaban J connectivity index is 1.88. The van der Waals surface area contributed by atoms with E-state index >= 15 is 0 Å². The summed E-state index contributed by atoms with van der Waals surface area (Å²) >= 11 is 3.11. The monoisotopic (exact) mass is 339 g/mol. The number of ether oxygens (including phenoxy) is 2.